The van der Waals surface area contributed by atoms with Gasteiger partial charge < -0.3 is 20.1 Å². The van der Waals surface area contributed by atoms with Gasteiger partial charge in [-0.2, -0.15) is 5.10 Å². The van der Waals surface area contributed by atoms with Crippen LogP contribution in [0.1, 0.15) is 24.4 Å². The van der Waals surface area contributed by atoms with Crippen molar-refractivity contribution in [2.24, 2.45) is 12.0 Å². The van der Waals surface area contributed by atoms with E-state index in [1.807, 2.05) is 19.2 Å². The van der Waals surface area contributed by atoms with Crippen molar-refractivity contribution in [1.29, 1.82) is 0 Å². The molecule has 166 valence electrons. The minimum Gasteiger partial charge on any atom is -0.497 e. The molecule has 1 aliphatic rings. The van der Waals surface area contributed by atoms with Crippen LogP contribution in [0.2, 0.25) is 0 Å². The highest BCUT2D eigenvalue weighted by Crippen LogP contribution is 2.23. The van der Waals surface area contributed by atoms with Gasteiger partial charge in [-0.15, -0.1) is 24.0 Å². The van der Waals surface area contributed by atoms with Crippen molar-refractivity contribution in [2.75, 3.05) is 46.5 Å². The standard InChI is InChI=1S/C20H31N7O2.HI/c1-4-21-20(23-14-19-24-15-25-26(19)2)22-13-18(27-9-11-29-12-10-27)16-5-7-17(28-3)8-6-16;/h5-8,15,18H,4,9-14H2,1-3H3,(H2,21,22,23);1H. The smallest absolute Gasteiger partial charge is 0.191 e. The van der Waals surface area contributed by atoms with Crippen LogP contribution in [0.5, 0.6) is 5.75 Å². The largest absolute Gasteiger partial charge is 0.497 e. The Morgan fingerprint density at radius 1 is 1.23 bits per heavy atom. The third-order valence-corrected chi connectivity index (χ3v) is 4.98. The predicted octanol–water partition coefficient (Wildman–Crippen LogP) is 1.57. The minimum absolute atomic E-state index is 0. The molecule has 2 heterocycles. The van der Waals surface area contributed by atoms with E-state index in [0.29, 0.717) is 6.54 Å². The van der Waals surface area contributed by atoms with Crippen LogP contribution in [-0.2, 0) is 18.3 Å². The first-order valence-corrected chi connectivity index (χ1v) is 10.0. The monoisotopic (exact) mass is 529 g/mol. The quantitative estimate of drug-likeness (QED) is 0.305. The molecule has 0 aliphatic carbocycles. The zero-order valence-electron chi connectivity index (χ0n) is 17.9. The summed E-state index contributed by atoms with van der Waals surface area (Å²) in [6.07, 6.45) is 1.54. The first kappa shape index (κ1) is 24.4. The third-order valence-electron chi connectivity index (χ3n) is 4.98. The summed E-state index contributed by atoms with van der Waals surface area (Å²) in [5, 5.41) is 10.9. The van der Waals surface area contributed by atoms with E-state index >= 15 is 0 Å². The predicted molar refractivity (Wildman–Crippen MR) is 127 cm³/mol. The van der Waals surface area contributed by atoms with E-state index in [0.717, 1.165) is 56.9 Å². The molecule has 1 unspecified atom stereocenters. The molecule has 1 saturated heterocycles. The lowest BCUT2D eigenvalue weighted by Crippen LogP contribution is -2.46. The van der Waals surface area contributed by atoms with E-state index < -0.39 is 0 Å². The Hall–Kier alpha value is -1.92. The summed E-state index contributed by atoms with van der Waals surface area (Å²) < 4.78 is 12.6. The Kier molecular flexibility index (Phi) is 10.3. The van der Waals surface area contributed by atoms with Crippen LogP contribution < -0.4 is 15.4 Å². The molecular weight excluding hydrogens is 497 g/mol. The van der Waals surface area contributed by atoms with Gasteiger partial charge in [-0.3, -0.25) is 9.58 Å². The number of halogens is 1. The van der Waals surface area contributed by atoms with Crippen LogP contribution >= 0.6 is 24.0 Å². The summed E-state index contributed by atoms with van der Waals surface area (Å²) >= 11 is 0. The molecule has 0 amide bonds. The molecule has 0 spiro atoms. The molecular formula is C20H32IN7O2. The maximum Gasteiger partial charge on any atom is 0.191 e. The fourth-order valence-corrected chi connectivity index (χ4v) is 3.32. The first-order valence-electron chi connectivity index (χ1n) is 10.0. The fraction of sp³-hybridized carbons (Fsp3) is 0.550. The normalized spacial score (nSPS) is 15.9. The average Bonchev–Trinajstić information content (AvgIpc) is 3.18. The van der Waals surface area contributed by atoms with Crippen LogP contribution in [-0.4, -0.2) is 72.1 Å². The highest BCUT2D eigenvalue weighted by atomic mass is 127. The van der Waals surface area contributed by atoms with Crippen molar-refractivity contribution >= 4 is 29.9 Å². The number of aliphatic imine (C=N–C) groups is 1. The molecule has 2 aromatic rings. The van der Waals surface area contributed by atoms with Gasteiger partial charge in [-0.1, -0.05) is 12.1 Å². The second-order valence-corrected chi connectivity index (χ2v) is 6.81. The number of nitrogens with zero attached hydrogens (tertiary/aromatic N) is 5. The van der Waals surface area contributed by atoms with Crippen molar-refractivity contribution < 1.29 is 9.47 Å². The Morgan fingerprint density at radius 3 is 2.57 bits per heavy atom. The van der Waals surface area contributed by atoms with Crippen molar-refractivity contribution in [3.63, 3.8) is 0 Å². The van der Waals surface area contributed by atoms with Crippen molar-refractivity contribution in [2.45, 2.75) is 19.5 Å². The number of guanidine groups is 1. The maximum atomic E-state index is 5.54. The highest BCUT2D eigenvalue weighted by Gasteiger charge is 2.23. The molecule has 1 aliphatic heterocycles. The van der Waals surface area contributed by atoms with E-state index in [1.165, 1.54) is 5.56 Å². The van der Waals surface area contributed by atoms with Crippen molar-refractivity contribution in [3.05, 3.63) is 42.0 Å². The van der Waals surface area contributed by atoms with Gasteiger partial charge in [0.15, 0.2) is 5.96 Å². The van der Waals surface area contributed by atoms with Gasteiger partial charge in [-0.25, -0.2) is 9.98 Å². The lowest BCUT2D eigenvalue weighted by molar-refractivity contribution is 0.0170. The molecule has 1 aromatic carbocycles. The summed E-state index contributed by atoms with van der Waals surface area (Å²) in [6, 6.07) is 8.49. The van der Waals surface area contributed by atoms with E-state index in [-0.39, 0.29) is 30.0 Å². The van der Waals surface area contributed by atoms with Crippen LogP contribution in [0.15, 0.2) is 35.6 Å². The SMILES string of the molecule is CCNC(=NCc1ncnn1C)NCC(c1ccc(OC)cc1)N1CCOCC1.I. The Balaban J connectivity index is 0.00000320. The minimum atomic E-state index is 0. The Labute approximate surface area is 195 Å². The Morgan fingerprint density at radius 2 is 1.97 bits per heavy atom. The van der Waals surface area contributed by atoms with Gasteiger partial charge in [0.25, 0.3) is 0 Å². The van der Waals surface area contributed by atoms with Crippen molar-refractivity contribution in [1.82, 2.24) is 30.3 Å². The van der Waals surface area contributed by atoms with Gasteiger partial charge in [0, 0.05) is 33.2 Å². The summed E-state index contributed by atoms with van der Waals surface area (Å²) in [6.45, 7) is 7.38. The van der Waals surface area contributed by atoms with Gasteiger partial charge in [-0.05, 0) is 24.6 Å². The molecule has 9 nitrogen and oxygen atoms in total. The van der Waals surface area contributed by atoms with Crippen LogP contribution in [0.3, 0.4) is 0 Å². The van der Waals surface area contributed by atoms with Gasteiger partial charge in [0.05, 0.1) is 26.4 Å². The second-order valence-electron chi connectivity index (χ2n) is 6.81. The van der Waals surface area contributed by atoms with Gasteiger partial charge >= 0.3 is 0 Å². The van der Waals surface area contributed by atoms with E-state index in [9.17, 15) is 0 Å². The number of ether oxygens (including phenoxy) is 2. The topological polar surface area (TPSA) is 88.8 Å². The van der Waals surface area contributed by atoms with Crippen LogP contribution in [0.25, 0.3) is 0 Å². The number of hydrogen-bond acceptors (Lipinski definition) is 6. The number of nitrogens with one attached hydrogen (secondary N) is 2. The fourth-order valence-electron chi connectivity index (χ4n) is 3.32. The zero-order chi connectivity index (χ0) is 20.5. The number of aryl methyl sites for hydroxylation is 1. The van der Waals surface area contributed by atoms with Crippen LogP contribution in [0.4, 0.5) is 0 Å². The molecule has 1 fully saturated rings. The second kappa shape index (κ2) is 12.7. The highest BCUT2D eigenvalue weighted by molar-refractivity contribution is 14.0. The number of rotatable bonds is 8. The number of benzene rings is 1. The van der Waals surface area contributed by atoms with Crippen LogP contribution in [0, 0.1) is 0 Å². The first-order chi connectivity index (χ1) is 14.2. The molecule has 1 atom stereocenters. The summed E-state index contributed by atoms with van der Waals surface area (Å²) in [5.41, 5.74) is 1.24. The lowest BCUT2D eigenvalue weighted by atomic mass is 10.0. The van der Waals surface area contributed by atoms with Gasteiger partial charge in [0.2, 0.25) is 0 Å². The molecule has 0 radical (unpaired) electrons. The van der Waals surface area contributed by atoms with E-state index in [1.54, 1.807) is 18.1 Å². The number of hydrogen-bond donors (Lipinski definition) is 2. The molecule has 0 saturated carbocycles. The third kappa shape index (κ3) is 6.81. The summed E-state index contributed by atoms with van der Waals surface area (Å²) in [7, 11) is 3.56. The zero-order valence-corrected chi connectivity index (χ0v) is 20.2. The van der Waals surface area contributed by atoms with Crippen molar-refractivity contribution in [3.8, 4) is 5.75 Å². The number of morpholine rings is 1. The summed E-state index contributed by atoms with van der Waals surface area (Å²) in [5.74, 6) is 2.45. The molecule has 0 bridgehead atoms. The molecule has 3 rings (SSSR count). The molecule has 2 N–H and O–H groups in total. The molecule has 30 heavy (non-hydrogen) atoms. The number of methoxy groups -OCH3 is 1. The van der Waals surface area contributed by atoms with Gasteiger partial charge in [0.1, 0.15) is 24.4 Å². The molecule has 10 heteroatoms. The maximum absolute atomic E-state index is 5.54. The Bertz CT molecular complexity index is 776. The number of aromatic nitrogens is 3. The lowest BCUT2D eigenvalue weighted by Gasteiger charge is -2.35. The average molecular weight is 529 g/mol. The summed E-state index contributed by atoms with van der Waals surface area (Å²) in [4.78, 5) is 11.3. The van der Waals surface area contributed by atoms with E-state index in [4.69, 9.17) is 9.47 Å². The van der Waals surface area contributed by atoms with E-state index in [2.05, 4.69) is 49.7 Å². The molecule has 1 aromatic heterocycles.